The van der Waals surface area contributed by atoms with Gasteiger partial charge in [-0.15, -0.1) is 0 Å². The van der Waals surface area contributed by atoms with Gasteiger partial charge in [-0.3, -0.25) is 19.2 Å². The monoisotopic (exact) mass is 1020 g/mol. The van der Waals surface area contributed by atoms with Crippen molar-refractivity contribution >= 4 is 23.9 Å². The topological polar surface area (TPSA) is 127 Å². The highest BCUT2D eigenvalue weighted by Gasteiger charge is 2.75. The average Bonchev–Trinajstić information content (AvgIpc) is 3.91. The lowest BCUT2D eigenvalue weighted by Gasteiger charge is -2.72. The number of rotatable bonds is 7. The molecule has 0 saturated heterocycles. The SMILES string of the molecule is C=C(C)[C@@H]1CC[C@]2(C(=O)OC(=O)CC(C)(C)C(=O)OC(=O)[C@]34CC[C@@H](C(=C)C)[C@@H]3[C@H]3CC[C@@H]5[C@@]6(C)CC[C@H](O)C(C)(C)[C@@H]6CC[C@@]5(C)[C@]3(C)CC4)CC[C@]3(C)[C@H](CC[C@@H]4[C@@]5(C)CC[C@H](O)C(C)(C)[C@@H]5CC[C@]43C)[C@@H]12. The Hall–Kier alpha value is -2.32. The summed E-state index contributed by atoms with van der Waals surface area (Å²) in [5.41, 5.74) is -0.646. The van der Waals surface area contributed by atoms with Gasteiger partial charge in [0.25, 0.3) is 0 Å². The van der Waals surface area contributed by atoms with E-state index in [4.69, 9.17) is 9.47 Å². The van der Waals surface area contributed by atoms with Crippen molar-refractivity contribution in [1.82, 2.24) is 0 Å². The quantitative estimate of drug-likeness (QED) is 0.147. The predicted molar refractivity (Wildman–Crippen MR) is 291 cm³/mol. The van der Waals surface area contributed by atoms with Crippen molar-refractivity contribution in [3.8, 4) is 0 Å². The van der Waals surface area contributed by atoms with Gasteiger partial charge < -0.3 is 19.7 Å². The van der Waals surface area contributed by atoms with Crippen molar-refractivity contribution in [2.75, 3.05) is 0 Å². The molecule has 0 amide bonds. The second kappa shape index (κ2) is 17.3. The third-order valence-electron chi connectivity index (χ3n) is 28.4. The van der Waals surface area contributed by atoms with Crippen LogP contribution in [0.2, 0.25) is 0 Å². The first kappa shape index (κ1) is 55.0. The molecule has 10 rings (SSSR count). The zero-order valence-corrected chi connectivity index (χ0v) is 49.0. The zero-order chi connectivity index (χ0) is 54.2. The van der Waals surface area contributed by atoms with Crippen LogP contribution in [0.15, 0.2) is 24.3 Å². The Morgan fingerprint density at radius 1 is 0.473 bits per heavy atom. The van der Waals surface area contributed by atoms with E-state index in [-0.39, 0.29) is 97.5 Å². The molecule has 8 nitrogen and oxygen atoms in total. The molecule has 0 aromatic carbocycles. The van der Waals surface area contributed by atoms with E-state index in [1.54, 1.807) is 13.8 Å². The Balaban J connectivity index is 0.842. The first-order chi connectivity index (χ1) is 34.2. The number of carbonyl (C=O) groups excluding carboxylic acids is 4. The molecule has 8 heteroatoms. The van der Waals surface area contributed by atoms with Crippen LogP contribution < -0.4 is 0 Å². The highest BCUT2D eigenvalue weighted by Crippen LogP contribution is 2.80. The van der Waals surface area contributed by atoms with E-state index in [1.165, 1.54) is 0 Å². The standard InChI is InChI=1S/C66H102O8/c1-38(2)40-21-31-65(35-33-61(13)42(51(40)65)17-19-46-59(11)27-25-48(67)57(7,8)44(59)23-29-63(46,61)15)54(71)73-50(69)37-56(5,6)53(70)74-55(72)66-32-22-41(39(3)4)52(66)43-18-20-47-60(12)28-26-49(68)58(9,10)45(60)24-30-64(47,16)62(43,14)34-36-66/h40-49,51-52,67-68H,1,3,17-37H2,2,4-16H3/t40-,41-,42+,43+,44-,45-,46+,47+,48-,49-,51+,52+,59-,60-,61+,62+,63+,64+,65-,66-/m0/s1. The van der Waals surface area contributed by atoms with Gasteiger partial charge in [0.15, 0.2) is 0 Å². The van der Waals surface area contributed by atoms with Crippen LogP contribution in [0.4, 0.5) is 0 Å². The minimum Gasteiger partial charge on any atom is -0.393 e. The van der Waals surface area contributed by atoms with E-state index in [0.717, 1.165) is 114 Å². The first-order valence-electron chi connectivity index (χ1n) is 30.4. The smallest absolute Gasteiger partial charge is 0.320 e. The van der Waals surface area contributed by atoms with E-state index < -0.39 is 40.1 Å². The summed E-state index contributed by atoms with van der Waals surface area (Å²) < 4.78 is 12.2. The number of ether oxygens (including phenoxy) is 2. The van der Waals surface area contributed by atoms with Crippen LogP contribution in [0.3, 0.4) is 0 Å². The Morgan fingerprint density at radius 2 is 0.865 bits per heavy atom. The molecule has 10 fully saturated rings. The number of aliphatic hydroxyl groups excluding tert-OH is 2. The van der Waals surface area contributed by atoms with Crippen LogP contribution >= 0.6 is 0 Å². The Kier molecular flexibility index (Phi) is 12.9. The summed E-state index contributed by atoms with van der Waals surface area (Å²) >= 11 is 0. The number of hydrogen-bond acceptors (Lipinski definition) is 8. The van der Waals surface area contributed by atoms with E-state index in [2.05, 4.69) is 96.2 Å². The van der Waals surface area contributed by atoms with E-state index >= 15 is 9.59 Å². The summed E-state index contributed by atoms with van der Waals surface area (Å²) in [4.78, 5) is 58.8. The molecule has 10 aliphatic carbocycles. The fourth-order valence-corrected chi connectivity index (χ4v) is 24.0. The van der Waals surface area contributed by atoms with Crippen LogP contribution in [-0.4, -0.2) is 46.3 Å². The molecule has 0 bridgehead atoms. The molecule has 414 valence electrons. The van der Waals surface area contributed by atoms with Crippen molar-refractivity contribution in [3.63, 3.8) is 0 Å². The normalized spacial score (nSPS) is 50.6. The van der Waals surface area contributed by atoms with Crippen molar-refractivity contribution in [2.24, 2.45) is 119 Å². The molecular formula is C66H102O8. The molecule has 0 aliphatic heterocycles. The van der Waals surface area contributed by atoms with Gasteiger partial charge in [0, 0.05) is 0 Å². The summed E-state index contributed by atoms with van der Waals surface area (Å²) in [6.07, 6.45) is 17.8. The summed E-state index contributed by atoms with van der Waals surface area (Å²) in [6, 6.07) is 0. The molecule has 0 spiro atoms. The average molecular weight is 1020 g/mol. The van der Waals surface area contributed by atoms with Gasteiger partial charge in [0.1, 0.15) is 0 Å². The molecule has 0 aromatic rings. The van der Waals surface area contributed by atoms with Crippen molar-refractivity contribution < 1.29 is 38.9 Å². The second-order valence-electron chi connectivity index (χ2n) is 31.9. The third-order valence-corrected chi connectivity index (χ3v) is 28.4. The molecule has 2 N–H and O–H groups in total. The number of aliphatic hydroxyl groups is 2. The lowest BCUT2D eigenvalue weighted by atomic mass is 9.32. The molecule has 74 heavy (non-hydrogen) atoms. The van der Waals surface area contributed by atoms with Crippen molar-refractivity contribution in [1.29, 1.82) is 0 Å². The van der Waals surface area contributed by atoms with Crippen molar-refractivity contribution in [2.45, 2.75) is 244 Å². The highest BCUT2D eigenvalue weighted by atomic mass is 16.6. The van der Waals surface area contributed by atoms with Crippen LogP contribution in [0, 0.1) is 119 Å². The molecule has 0 unspecified atom stereocenters. The molecule has 0 heterocycles. The van der Waals surface area contributed by atoms with Crippen LogP contribution in [0.25, 0.3) is 0 Å². The minimum atomic E-state index is -1.40. The number of hydrogen-bond donors (Lipinski definition) is 2. The van der Waals surface area contributed by atoms with Gasteiger partial charge in [0.05, 0.1) is 34.9 Å². The van der Waals surface area contributed by atoms with E-state index in [9.17, 15) is 19.8 Å². The van der Waals surface area contributed by atoms with Gasteiger partial charge in [-0.1, -0.05) is 93.5 Å². The number of carbonyl (C=O) groups is 4. The second-order valence-corrected chi connectivity index (χ2v) is 31.9. The maximum Gasteiger partial charge on any atom is 0.320 e. The van der Waals surface area contributed by atoms with Gasteiger partial charge in [-0.05, 0) is 259 Å². The largest absolute Gasteiger partial charge is 0.393 e. The Bertz CT molecular complexity index is 2360. The lowest BCUT2D eigenvalue weighted by molar-refractivity contribution is -0.248. The van der Waals surface area contributed by atoms with Gasteiger partial charge >= 0.3 is 23.9 Å². The minimum absolute atomic E-state index is 0.00896. The summed E-state index contributed by atoms with van der Waals surface area (Å²) in [5, 5.41) is 22.5. The Morgan fingerprint density at radius 3 is 1.26 bits per heavy atom. The van der Waals surface area contributed by atoms with Crippen LogP contribution in [0.1, 0.15) is 232 Å². The summed E-state index contributed by atoms with van der Waals surface area (Å²) in [7, 11) is 0. The van der Waals surface area contributed by atoms with Gasteiger partial charge in [-0.2, -0.15) is 0 Å². The molecule has 10 aliphatic rings. The Labute approximate surface area is 447 Å². The van der Waals surface area contributed by atoms with Gasteiger partial charge in [-0.25, -0.2) is 0 Å². The third kappa shape index (κ3) is 7.13. The summed E-state index contributed by atoms with van der Waals surface area (Å²) in [6.45, 7) is 41.1. The molecular weight excluding hydrogens is 921 g/mol. The fourth-order valence-electron chi connectivity index (χ4n) is 24.0. The number of fused-ring (bicyclic) bond motifs is 14. The lowest BCUT2D eigenvalue weighted by Crippen LogP contribution is -2.67. The molecule has 10 saturated carbocycles. The predicted octanol–water partition coefficient (Wildman–Crippen LogP) is 14.6. The van der Waals surface area contributed by atoms with E-state index in [1.807, 2.05) is 0 Å². The summed E-state index contributed by atoms with van der Waals surface area (Å²) in [5.74, 6) is 0.559. The fraction of sp³-hybridized carbons (Fsp3) is 0.879. The van der Waals surface area contributed by atoms with Crippen LogP contribution in [0.5, 0.6) is 0 Å². The molecule has 0 aromatic heterocycles. The zero-order valence-electron chi connectivity index (χ0n) is 49.0. The number of allylic oxidation sites excluding steroid dienone is 2. The van der Waals surface area contributed by atoms with E-state index in [0.29, 0.717) is 49.4 Å². The maximum absolute atomic E-state index is 15.1. The highest BCUT2D eigenvalue weighted by molar-refractivity contribution is 5.95. The number of esters is 4. The van der Waals surface area contributed by atoms with Crippen LogP contribution in [-0.2, 0) is 28.7 Å². The molecule has 20 atom stereocenters. The van der Waals surface area contributed by atoms with Crippen molar-refractivity contribution in [3.05, 3.63) is 24.3 Å². The maximum atomic E-state index is 15.1. The molecule has 0 radical (unpaired) electrons. The van der Waals surface area contributed by atoms with Gasteiger partial charge in [0.2, 0.25) is 0 Å². The first-order valence-corrected chi connectivity index (χ1v) is 30.4.